The van der Waals surface area contributed by atoms with Crippen LogP contribution in [0.5, 0.6) is 0 Å². The van der Waals surface area contributed by atoms with Crippen molar-refractivity contribution in [3.05, 3.63) is 0 Å². The van der Waals surface area contributed by atoms with E-state index in [1.54, 1.807) is 0 Å². The Labute approximate surface area is 216 Å². The number of hydrogen-bond acceptors (Lipinski definition) is 2. The highest BCUT2D eigenvalue weighted by Gasteiger charge is 1.95. The van der Waals surface area contributed by atoms with E-state index in [4.69, 9.17) is 0 Å². The van der Waals surface area contributed by atoms with Crippen LogP contribution in [0.1, 0.15) is 194 Å². The van der Waals surface area contributed by atoms with Crippen molar-refractivity contribution in [1.82, 2.24) is 5.43 Å². The molecule has 0 amide bonds. The Hall–Kier alpha value is -0.530. The van der Waals surface area contributed by atoms with Crippen LogP contribution in [0.25, 0.3) is 0 Å². The third-order valence-corrected chi connectivity index (χ3v) is 7.26. The normalized spacial score (nSPS) is 11.6. The minimum atomic E-state index is 1.05. The van der Waals surface area contributed by atoms with Crippen molar-refractivity contribution in [2.24, 2.45) is 5.10 Å². The standard InChI is InChI=1S/C32H66N2/c1-3-5-7-9-11-13-15-17-19-21-23-25-27-29-31-33-34-32-30-28-26-24-22-20-18-16-14-12-10-8-6-4-2/h31,34H,3-30,32H2,1-2H3/b33-31-. The van der Waals surface area contributed by atoms with Crippen molar-refractivity contribution in [3.63, 3.8) is 0 Å². The van der Waals surface area contributed by atoms with Gasteiger partial charge in [-0.15, -0.1) is 0 Å². The number of unbranched alkanes of at least 4 members (excludes halogenated alkanes) is 26. The molecule has 0 aromatic carbocycles. The first-order chi connectivity index (χ1) is 16.9. The SMILES string of the molecule is CCCCCCCCCCCCCCC/C=N\NCCCCCCCCCCCCCCCC. The van der Waals surface area contributed by atoms with Crippen LogP contribution in [-0.4, -0.2) is 12.8 Å². The number of hydrogen-bond donors (Lipinski definition) is 1. The number of rotatable bonds is 30. The van der Waals surface area contributed by atoms with E-state index in [0.29, 0.717) is 0 Å². The molecule has 0 saturated heterocycles. The van der Waals surface area contributed by atoms with Gasteiger partial charge in [0, 0.05) is 12.8 Å². The molecule has 0 aliphatic carbocycles. The summed E-state index contributed by atoms with van der Waals surface area (Å²) in [5.41, 5.74) is 3.24. The number of nitrogens with one attached hydrogen (secondary N) is 1. The van der Waals surface area contributed by atoms with Gasteiger partial charge in [0.25, 0.3) is 0 Å². The van der Waals surface area contributed by atoms with Gasteiger partial charge in [0.2, 0.25) is 0 Å². The number of hydrazone groups is 1. The summed E-state index contributed by atoms with van der Waals surface area (Å²) in [6.45, 7) is 5.64. The highest BCUT2D eigenvalue weighted by atomic mass is 15.3. The van der Waals surface area contributed by atoms with Gasteiger partial charge in [-0.05, 0) is 19.3 Å². The molecule has 0 aromatic heterocycles. The van der Waals surface area contributed by atoms with Crippen LogP contribution in [0.2, 0.25) is 0 Å². The molecule has 0 rings (SSSR count). The van der Waals surface area contributed by atoms with Crippen molar-refractivity contribution >= 4 is 6.21 Å². The maximum Gasteiger partial charge on any atom is 0.0329 e. The minimum Gasteiger partial charge on any atom is -0.310 e. The molecule has 0 aromatic rings. The van der Waals surface area contributed by atoms with Crippen molar-refractivity contribution in [2.45, 2.75) is 194 Å². The van der Waals surface area contributed by atoms with Crippen LogP contribution >= 0.6 is 0 Å². The molecule has 0 fully saturated rings. The van der Waals surface area contributed by atoms with Crippen LogP contribution in [0.3, 0.4) is 0 Å². The molecule has 0 spiro atoms. The van der Waals surface area contributed by atoms with Crippen LogP contribution in [0, 0.1) is 0 Å². The Bertz CT molecular complexity index is 366. The molecule has 0 atom stereocenters. The van der Waals surface area contributed by atoms with E-state index in [-0.39, 0.29) is 0 Å². The zero-order valence-corrected chi connectivity index (χ0v) is 24.0. The first-order valence-corrected chi connectivity index (χ1v) is 16.2. The van der Waals surface area contributed by atoms with Crippen LogP contribution in [0.4, 0.5) is 0 Å². The quantitative estimate of drug-likeness (QED) is 0.0619. The lowest BCUT2D eigenvalue weighted by molar-refractivity contribution is 0.531. The van der Waals surface area contributed by atoms with Gasteiger partial charge in [-0.3, -0.25) is 0 Å². The summed E-state index contributed by atoms with van der Waals surface area (Å²) < 4.78 is 0. The van der Waals surface area contributed by atoms with Crippen LogP contribution in [0.15, 0.2) is 5.10 Å². The molecule has 1 N–H and O–H groups in total. The molecule has 2 heteroatoms. The predicted molar refractivity (Wildman–Crippen MR) is 157 cm³/mol. The topological polar surface area (TPSA) is 24.4 Å². The van der Waals surface area contributed by atoms with E-state index in [1.807, 2.05) is 0 Å². The van der Waals surface area contributed by atoms with Gasteiger partial charge in [0.1, 0.15) is 0 Å². The summed E-state index contributed by atoms with van der Waals surface area (Å²) in [6.07, 6.45) is 41.7. The van der Waals surface area contributed by atoms with E-state index >= 15 is 0 Å². The second-order valence-electron chi connectivity index (χ2n) is 10.8. The Kier molecular flexibility index (Phi) is 32.0. The van der Waals surface area contributed by atoms with E-state index in [1.165, 1.54) is 173 Å². The second-order valence-corrected chi connectivity index (χ2v) is 10.8. The third-order valence-electron chi connectivity index (χ3n) is 7.26. The van der Waals surface area contributed by atoms with Gasteiger partial charge in [-0.2, -0.15) is 5.10 Å². The smallest absolute Gasteiger partial charge is 0.0329 e. The average molecular weight is 479 g/mol. The minimum absolute atomic E-state index is 1.05. The number of nitrogens with zero attached hydrogens (tertiary/aromatic N) is 1. The molecule has 204 valence electrons. The average Bonchev–Trinajstić information content (AvgIpc) is 2.85. The van der Waals surface area contributed by atoms with Crippen molar-refractivity contribution < 1.29 is 0 Å². The lowest BCUT2D eigenvalue weighted by Gasteiger charge is -2.03. The van der Waals surface area contributed by atoms with Gasteiger partial charge >= 0.3 is 0 Å². The molecule has 0 aliphatic rings. The highest BCUT2D eigenvalue weighted by Crippen LogP contribution is 2.14. The van der Waals surface area contributed by atoms with Crippen LogP contribution in [-0.2, 0) is 0 Å². The molecule has 0 radical (unpaired) electrons. The maximum atomic E-state index is 4.39. The first-order valence-electron chi connectivity index (χ1n) is 16.2. The van der Waals surface area contributed by atoms with E-state index in [2.05, 4.69) is 30.6 Å². The molecular formula is C32H66N2. The summed E-state index contributed by atoms with van der Waals surface area (Å²) in [7, 11) is 0. The monoisotopic (exact) mass is 479 g/mol. The Morgan fingerprint density at radius 2 is 0.676 bits per heavy atom. The zero-order valence-electron chi connectivity index (χ0n) is 24.0. The third kappa shape index (κ3) is 31.5. The lowest BCUT2D eigenvalue weighted by atomic mass is 10.0. The molecule has 0 unspecified atom stereocenters. The molecule has 0 aliphatic heterocycles. The van der Waals surface area contributed by atoms with Crippen LogP contribution < -0.4 is 5.43 Å². The largest absolute Gasteiger partial charge is 0.310 e. The maximum absolute atomic E-state index is 4.39. The lowest BCUT2D eigenvalue weighted by Crippen LogP contribution is -2.07. The predicted octanol–water partition coefficient (Wildman–Crippen LogP) is 11.5. The van der Waals surface area contributed by atoms with Gasteiger partial charge in [-0.25, -0.2) is 0 Å². The summed E-state index contributed by atoms with van der Waals surface area (Å²) in [6, 6.07) is 0. The van der Waals surface area contributed by atoms with E-state index < -0.39 is 0 Å². The van der Waals surface area contributed by atoms with Gasteiger partial charge < -0.3 is 5.43 Å². The molecule has 0 bridgehead atoms. The fraction of sp³-hybridized carbons (Fsp3) is 0.969. The Balaban J connectivity index is 3.07. The Morgan fingerprint density at radius 1 is 0.382 bits per heavy atom. The molecule has 0 saturated carbocycles. The highest BCUT2D eigenvalue weighted by molar-refractivity contribution is 5.56. The summed E-state index contributed by atoms with van der Waals surface area (Å²) in [5.74, 6) is 0. The van der Waals surface area contributed by atoms with Gasteiger partial charge in [-0.1, -0.05) is 174 Å². The van der Waals surface area contributed by atoms with Gasteiger partial charge in [0.15, 0.2) is 0 Å². The van der Waals surface area contributed by atoms with Crippen molar-refractivity contribution in [2.75, 3.05) is 6.54 Å². The zero-order chi connectivity index (χ0) is 24.6. The molecular weight excluding hydrogens is 412 g/mol. The summed E-state index contributed by atoms with van der Waals surface area (Å²) in [4.78, 5) is 0. The first kappa shape index (κ1) is 33.5. The van der Waals surface area contributed by atoms with E-state index in [0.717, 1.165) is 13.0 Å². The fourth-order valence-corrected chi connectivity index (χ4v) is 4.85. The molecule has 34 heavy (non-hydrogen) atoms. The van der Waals surface area contributed by atoms with Gasteiger partial charge in [0.05, 0.1) is 0 Å². The summed E-state index contributed by atoms with van der Waals surface area (Å²) in [5, 5.41) is 4.39. The van der Waals surface area contributed by atoms with Crippen molar-refractivity contribution in [3.8, 4) is 0 Å². The second kappa shape index (κ2) is 32.5. The van der Waals surface area contributed by atoms with E-state index in [9.17, 15) is 0 Å². The fourth-order valence-electron chi connectivity index (χ4n) is 4.85. The summed E-state index contributed by atoms with van der Waals surface area (Å²) >= 11 is 0. The molecule has 0 heterocycles. The molecule has 2 nitrogen and oxygen atoms in total. The van der Waals surface area contributed by atoms with Crippen molar-refractivity contribution in [1.29, 1.82) is 0 Å². The Morgan fingerprint density at radius 3 is 1.03 bits per heavy atom.